The number of nitrogens with zero attached hydrogens (tertiary/aromatic N) is 3. The Morgan fingerprint density at radius 2 is 2.21 bits per heavy atom. The second kappa shape index (κ2) is 5.18. The van der Waals surface area contributed by atoms with Crippen molar-refractivity contribution < 1.29 is 0 Å². The number of hydrogen-bond donors (Lipinski definition) is 2. The van der Waals surface area contributed by atoms with E-state index in [1.165, 1.54) is 6.20 Å². The van der Waals surface area contributed by atoms with E-state index in [1.54, 1.807) is 18.4 Å². The molecule has 1 aromatic rings. The lowest BCUT2D eigenvalue weighted by atomic mass is 10.2. The number of rotatable bonds is 4. The molecule has 1 heterocycles. The van der Waals surface area contributed by atoms with Gasteiger partial charge in [-0.1, -0.05) is 25.3 Å². The molecule has 0 saturated heterocycles. The topological polar surface area (TPSA) is 53.9 Å². The minimum Gasteiger partial charge on any atom is -0.316 e. The van der Waals surface area contributed by atoms with Gasteiger partial charge in [0, 0.05) is 18.0 Å². The molecule has 0 radical (unpaired) electrons. The summed E-state index contributed by atoms with van der Waals surface area (Å²) >= 11 is 4.01. The summed E-state index contributed by atoms with van der Waals surface area (Å²) in [4.78, 5) is 6.76. The van der Waals surface area contributed by atoms with E-state index < -0.39 is 0 Å². The van der Waals surface area contributed by atoms with Crippen molar-refractivity contribution in [3.63, 3.8) is 0 Å². The van der Waals surface area contributed by atoms with Crippen LogP contribution in [0.2, 0.25) is 0 Å². The van der Waals surface area contributed by atoms with E-state index in [0.717, 1.165) is 5.57 Å². The molecule has 0 amide bonds. The van der Waals surface area contributed by atoms with Crippen molar-refractivity contribution in [2.75, 3.05) is 0 Å². The van der Waals surface area contributed by atoms with Gasteiger partial charge >= 0.3 is 0 Å². The lowest BCUT2D eigenvalue weighted by molar-refractivity contribution is 0.978. The van der Waals surface area contributed by atoms with Gasteiger partial charge in [0.2, 0.25) is 0 Å². The van der Waals surface area contributed by atoms with Gasteiger partial charge in [0.15, 0.2) is 11.0 Å². The number of aliphatic imine (C=N–C) groups is 1. The predicted molar refractivity (Wildman–Crippen MR) is 60.5 cm³/mol. The van der Waals surface area contributed by atoms with Crippen LogP contribution in [0.15, 0.2) is 41.7 Å². The molecule has 0 bridgehead atoms. The van der Waals surface area contributed by atoms with Crippen molar-refractivity contribution >= 4 is 24.4 Å². The summed E-state index contributed by atoms with van der Waals surface area (Å²) in [6.07, 6.45) is 6.46. The largest absolute Gasteiger partial charge is 0.316 e. The van der Waals surface area contributed by atoms with Crippen LogP contribution in [0.25, 0.3) is 5.57 Å². The first-order valence-electron chi connectivity index (χ1n) is 3.86. The van der Waals surface area contributed by atoms with E-state index >= 15 is 0 Å². The zero-order valence-corrected chi connectivity index (χ0v) is 8.41. The fourth-order valence-corrected chi connectivity index (χ4v) is 0.977. The highest BCUT2D eigenvalue weighted by atomic mass is 32.1. The quantitative estimate of drug-likeness (QED) is 0.449. The van der Waals surface area contributed by atoms with E-state index in [-0.39, 0.29) is 0 Å². The van der Waals surface area contributed by atoms with Crippen LogP contribution in [0.5, 0.6) is 0 Å². The van der Waals surface area contributed by atoms with Crippen LogP contribution in [0.1, 0.15) is 5.82 Å². The SMILES string of the molecule is C=C/C=C(\C=N/C=C)c1nnc(S)[nH]1. The van der Waals surface area contributed by atoms with Gasteiger partial charge in [-0.05, 0) is 0 Å². The van der Waals surface area contributed by atoms with Crippen molar-refractivity contribution in [2.24, 2.45) is 4.99 Å². The van der Waals surface area contributed by atoms with Gasteiger partial charge in [-0.2, -0.15) is 0 Å². The molecule has 0 aliphatic heterocycles. The maximum atomic E-state index is 4.01. The van der Waals surface area contributed by atoms with Crippen LogP contribution in [-0.2, 0) is 0 Å². The summed E-state index contributed by atoms with van der Waals surface area (Å²) in [5.41, 5.74) is 0.771. The third-order valence-corrected chi connectivity index (χ3v) is 1.57. The first kappa shape index (κ1) is 10.5. The van der Waals surface area contributed by atoms with Crippen LogP contribution in [-0.4, -0.2) is 21.4 Å². The van der Waals surface area contributed by atoms with E-state index in [2.05, 4.69) is 46.0 Å². The van der Waals surface area contributed by atoms with Gasteiger partial charge in [-0.25, -0.2) is 0 Å². The second-order valence-electron chi connectivity index (χ2n) is 2.32. The highest BCUT2D eigenvalue weighted by Crippen LogP contribution is 2.08. The minimum absolute atomic E-state index is 0.460. The molecule has 0 unspecified atom stereocenters. The Hall–Kier alpha value is -1.62. The number of nitrogens with one attached hydrogen (secondary N) is 1. The molecule has 0 saturated carbocycles. The Labute approximate surface area is 87.6 Å². The maximum Gasteiger partial charge on any atom is 0.185 e. The van der Waals surface area contributed by atoms with Gasteiger partial charge in [0.25, 0.3) is 0 Å². The molecule has 5 heteroatoms. The third kappa shape index (κ3) is 2.70. The molecule has 1 rings (SSSR count). The maximum absolute atomic E-state index is 4.01. The summed E-state index contributed by atoms with van der Waals surface area (Å²) in [6, 6.07) is 0. The zero-order valence-electron chi connectivity index (χ0n) is 7.51. The second-order valence-corrected chi connectivity index (χ2v) is 2.74. The summed E-state index contributed by atoms with van der Waals surface area (Å²) in [5, 5.41) is 8.05. The Kier molecular flexibility index (Phi) is 3.87. The highest BCUT2D eigenvalue weighted by molar-refractivity contribution is 7.80. The Balaban J connectivity index is 3.00. The summed E-state index contributed by atoms with van der Waals surface area (Å²) in [5.74, 6) is 0.598. The van der Waals surface area contributed by atoms with Gasteiger partial charge in [-0.3, -0.25) is 4.99 Å². The van der Waals surface area contributed by atoms with Gasteiger partial charge < -0.3 is 4.98 Å². The number of aromatic nitrogens is 3. The van der Waals surface area contributed by atoms with Crippen LogP contribution < -0.4 is 0 Å². The normalized spacial score (nSPS) is 11.9. The van der Waals surface area contributed by atoms with Crippen LogP contribution in [0.3, 0.4) is 0 Å². The number of hydrogen-bond acceptors (Lipinski definition) is 4. The highest BCUT2D eigenvalue weighted by Gasteiger charge is 2.02. The van der Waals surface area contributed by atoms with Crippen LogP contribution >= 0.6 is 12.6 Å². The van der Waals surface area contributed by atoms with Gasteiger partial charge in [0.1, 0.15) is 0 Å². The monoisotopic (exact) mass is 206 g/mol. The molecule has 0 aliphatic carbocycles. The fourth-order valence-electron chi connectivity index (χ4n) is 0.826. The van der Waals surface area contributed by atoms with E-state index in [9.17, 15) is 0 Å². The predicted octanol–water partition coefficient (Wildman–Crippen LogP) is 1.88. The molecule has 0 aliphatic rings. The molecule has 1 N–H and O–H groups in total. The summed E-state index contributed by atoms with van der Waals surface area (Å²) in [6.45, 7) is 7.08. The molecule has 4 nitrogen and oxygen atoms in total. The molecule has 72 valence electrons. The molecule has 0 fully saturated rings. The smallest absolute Gasteiger partial charge is 0.185 e. The van der Waals surface area contributed by atoms with Crippen molar-refractivity contribution in [3.05, 3.63) is 37.3 Å². The lowest BCUT2D eigenvalue weighted by Crippen LogP contribution is -1.88. The molecule has 0 spiro atoms. The van der Waals surface area contributed by atoms with Crippen LogP contribution in [0, 0.1) is 0 Å². The number of thiol groups is 1. The van der Waals surface area contributed by atoms with Crippen LogP contribution in [0.4, 0.5) is 0 Å². The molecule has 14 heavy (non-hydrogen) atoms. The molecular weight excluding hydrogens is 196 g/mol. The number of allylic oxidation sites excluding steroid dienone is 3. The van der Waals surface area contributed by atoms with E-state index in [1.807, 2.05) is 0 Å². The van der Waals surface area contributed by atoms with Gasteiger partial charge in [0.05, 0.1) is 0 Å². The fraction of sp³-hybridized carbons (Fsp3) is 0. The van der Waals surface area contributed by atoms with E-state index in [0.29, 0.717) is 11.0 Å². The van der Waals surface area contributed by atoms with Crippen molar-refractivity contribution in [1.82, 2.24) is 15.2 Å². The summed E-state index contributed by atoms with van der Waals surface area (Å²) < 4.78 is 0. The Morgan fingerprint density at radius 3 is 2.71 bits per heavy atom. The van der Waals surface area contributed by atoms with Crippen molar-refractivity contribution in [3.8, 4) is 0 Å². The third-order valence-electron chi connectivity index (χ3n) is 1.36. The lowest BCUT2D eigenvalue weighted by Gasteiger charge is -1.92. The van der Waals surface area contributed by atoms with Crippen molar-refractivity contribution in [2.45, 2.75) is 5.16 Å². The number of H-pyrrole nitrogens is 1. The Morgan fingerprint density at radius 1 is 1.43 bits per heavy atom. The summed E-state index contributed by atoms with van der Waals surface area (Å²) in [7, 11) is 0. The molecular formula is C9H10N4S. The number of aromatic amines is 1. The Bertz CT molecular complexity index is 389. The average Bonchev–Trinajstić information content (AvgIpc) is 2.59. The van der Waals surface area contributed by atoms with Gasteiger partial charge in [-0.15, -0.1) is 22.8 Å². The molecule has 0 atom stereocenters. The van der Waals surface area contributed by atoms with Crippen molar-refractivity contribution in [1.29, 1.82) is 0 Å². The molecule has 0 aromatic carbocycles. The first-order chi connectivity index (χ1) is 6.77. The van der Waals surface area contributed by atoms with E-state index in [4.69, 9.17) is 0 Å². The zero-order chi connectivity index (χ0) is 10.4. The molecule has 1 aromatic heterocycles. The first-order valence-corrected chi connectivity index (χ1v) is 4.31. The average molecular weight is 206 g/mol. The minimum atomic E-state index is 0.460. The standard InChI is InChI=1S/C9H10N4S/c1-3-5-7(6-10-4-2)8-11-9(14)13-12-8/h3-6H,1-2H2,(H2,11,12,13,14)/b7-5+,10-6-.